The number of rotatable bonds is 16. The number of nitrogens with one attached hydrogen (secondary N) is 4. The van der Waals surface area contributed by atoms with Crippen LogP contribution in [0.4, 0.5) is 5.69 Å². The average Bonchev–Trinajstić information content (AvgIpc) is 3.03. The molecule has 0 aromatic heterocycles. The van der Waals surface area contributed by atoms with E-state index in [0.29, 0.717) is 12.0 Å². The van der Waals surface area contributed by atoms with E-state index >= 15 is 0 Å². The van der Waals surface area contributed by atoms with Crippen molar-refractivity contribution < 1.29 is 37.8 Å². The maximum absolute atomic E-state index is 13.2. The number of aromatic carboxylic acids is 1. The highest BCUT2D eigenvalue weighted by Gasteiger charge is 2.28. The third-order valence-electron chi connectivity index (χ3n) is 7.40. The Balaban J connectivity index is 1.57. The van der Waals surface area contributed by atoms with E-state index < -0.39 is 57.8 Å². The summed E-state index contributed by atoms with van der Waals surface area (Å²) in [5, 5.41) is 28.3. The van der Waals surface area contributed by atoms with Crippen molar-refractivity contribution in [3.05, 3.63) is 95.6 Å². The molecule has 3 aromatic carbocycles. The number of benzene rings is 3. The van der Waals surface area contributed by atoms with Gasteiger partial charge in [0.25, 0.3) is 15.9 Å². The Bertz CT molecular complexity index is 1650. The lowest BCUT2D eigenvalue weighted by atomic mass is 9.92. The van der Waals surface area contributed by atoms with Crippen LogP contribution >= 0.6 is 0 Å². The minimum Gasteiger partial charge on any atom is -0.478 e. The number of aliphatic hydroxyl groups is 1. The van der Waals surface area contributed by atoms with Crippen molar-refractivity contribution in [2.45, 2.75) is 70.2 Å². The summed E-state index contributed by atoms with van der Waals surface area (Å²) in [4.78, 5) is 49.8. The van der Waals surface area contributed by atoms with E-state index in [9.17, 15) is 32.7 Å². The number of carbonyl (C=O) groups is 4. The first-order valence-corrected chi connectivity index (χ1v) is 16.7. The summed E-state index contributed by atoms with van der Waals surface area (Å²) in [5.41, 5.74) is 1.20. The van der Waals surface area contributed by atoms with E-state index in [-0.39, 0.29) is 40.6 Å². The fourth-order valence-electron chi connectivity index (χ4n) is 4.77. The molecule has 47 heavy (non-hydrogen) atoms. The summed E-state index contributed by atoms with van der Waals surface area (Å²) in [6.07, 6.45) is -0.682. The van der Waals surface area contributed by atoms with Gasteiger partial charge < -0.3 is 26.2 Å². The third kappa shape index (κ3) is 11.2. The zero-order valence-corrected chi connectivity index (χ0v) is 27.6. The Kier molecular flexibility index (Phi) is 13.0. The lowest BCUT2D eigenvalue weighted by Gasteiger charge is -2.28. The number of carbonyl (C=O) groups excluding carboxylic acids is 3. The van der Waals surface area contributed by atoms with Crippen LogP contribution in [0.5, 0.6) is 0 Å². The maximum atomic E-state index is 13.2. The highest BCUT2D eigenvalue weighted by molar-refractivity contribution is 7.92. The monoisotopic (exact) mass is 666 g/mol. The lowest BCUT2D eigenvalue weighted by Crippen LogP contribution is -2.48. The SMILES string of the molecule is CC(C)C[C@H](NC(=O)c1cccc(NS(=O)(=O)c2ccccc2)c1)[C@@H](O)C[C@@H](C)C(=O)N[C@@H](C)C(=O)NCc1ccc(C(=O)O)cc1. The molecule has 3 amide bonds. The number of sulfonamides is 1. The van der Waals surface area contributed by atoms with Crippen molar-refractivity contribution >= 4 is 39.4 Å². The Morgan fingerprint density at radius 1 is 0.766 bits per heavy atom. The van der Waals surface area contributed by atoms with Gasteiger partial charge in [-0.15, -0.1) is 0 Å². The molecule has 3 aromatic rings. The largest absolute Gasteiger partial charge is 0.478 e. The zero-order valence-electron chi connectivity index (χ0n) is 26.8. The van der Waals surface area contributed by atoms with Gasteiger partial charge in [-0.1, -0.05) is 57.2 Å². The molecule has 3 rings (SSSR count). The standard InChI is InChI=1S/C34H42N4O8S/c1-21(2)17-29(37-33(42)26-9-8-10-27(19-26)38-47(45,46)28-11-6-5-7-12-28)30(39)18-22(3)31(40)36-23(4)32(41)35-20-24-13-15-25(16-14-24)34(43)44/h5-16,19,21-23,29-30,38-39H,17-18,20H2,1-4H3,(H,35,41)(H,36,40)(H,37,42)(H,43,44)/t22-,23+,29+,30+/m1/s1. The fraction of sp³-hybridized carbons (Fsp3) is 0.353. The summed E-state index contributed by atoms with van der Waals surface area (Å²) < 4.78 is 27.9. The van der Waals surface area contributed by atoms with Crippen molar-refractivity contribution in [1.29, 1.82) is 0 Å². The van der Waals surface area contributed by atoms with E-state index in [1.165, 1.54) is 49.4 Å². The van der Waals surface area contributed by atoms with E-state index in [2.05, 4.69) is 20.7 Å². The van der Waals surface area contributed by atoms with E-state index in [0.717, 1.165) is 0 Å². The summed E-state index contributed by atoms with van der Waals surface area (Å²) in [6, 6.07) is 18.3. The molecule has 6 N–H and O–H groups in total. The number of hydrogen-bond donors (Lipinski definition) is 6. The molecule has 0 saturated heterocycles. The van der Waals surface area contributed by atoms with Crippen molar-refractivity contribution in [1.82, 2.24) is 16.0 Å². The molecule has 0 bridgehead atoms. The first kappa shape index (κ1) is 36.7. The zero-order chi connectivity index (χ0) is 34.7. The van der Waals surface area contributed by atoms with Gasteiger partial charge in [0.1, 0.15) is 6.04 Å². The Hall–Kier alpha value is -4.75. The van der Waals surface area contributed by atoms with Gasteiger partial charge >= 0.3 is 5.97 Å². The van der Waals surface area contributed by atoms with E-state index in [1.807, 2.05) is 13.8 Å². The van der Waals surface area contributed by atoms with Crippen LogP contribution in [0.1, 0.15) is 66.8 Å². The highest BCUT2D eigenvalue weighted by Crippen LogP contribution is 2.19. The van der Waals surface area contributed by atoms with Crippen LogP contribution in [-0.2, 0) is 26.2 Å². The number of amides is 3. The van der Waals surface area contributed by atoms with Crippen molar-refractivity contribution in [2.75, 3.05) is 4.72 Å². The van der Waals surface area contributed by atoms with Crippen LogP contribution in [0.3, 0.4) is 0 Å². The summed E-state index contributed by atoms with van der Waals surface area (Å²) in [5.74, 6) is -3.07. The van der Waals surface area contributed by atoms with Gasteiger partial charge in [0.2, 0.25) is 11.8 Å². The molecule has 0 fully saturated rings. The molecule has 252 valence electrons. The van der Waals surface area contributed by atoms with E-state index in [1.54, 1.807) is 43.3 Å². The Labute approximate surface area is 275 Å². The molecular formula is C34H42N4O8S. The third-order valence-corrected chi connectivity index (χ3v) is 8.80. The first-order chi connectivity index (χ1) is 22.2. The Morgan fingerprint density at radius 3 is 2.04 bits per heavy atom. The molecule has 0 heterocycles. The Morgan fingerprint density at radius 2 is 1.43 bits per heavy atom. The van der Waals surface area contributed by atoms with Gasteiger partial charge in [0.05, 0.1) is 22.6 Å². The number of hydrogen-bond acceptors (Lipinski definition) is 7. The number of aliphatic hydroxyl groups excluding tert-OH is 1. The van der Waals surface area contributed by atoms with Gasteiger partial charge in [-0.25, -0.2) is 13.2 Å². The van der Waals surface area contributed by atoms with Crippen LogP contribution in [0.25, 0.3) is 0 Å². The van der Waals surface area contributed by atoms with Gasteiger partial charge in [-0.3, -0.25) is 19.1 Å². The van der Waals surface area contributed by atoms with Crippen molar-refractivity contribution in [2.24, 2.45) is 11.8 Å². The molecule has 0 radical (unpaired) electrons. The fourth-order valence-corrected chi connectivity index (χ4v) is 5.84. The minimum atomic E-state index is -3.87. The lowest BCUT2D eigenvalue weighted by molar-refractivity contribution is -0.131. The molecule has 0 aliphatic rings. The number of carboxylic acid groups (broad SMARTS) is 1. The highest BCUT2D eigenvalue weighted by atomic mass is 32.2. The molecule has 0 aliphatic carbocycles. The summed E-state index contributed by atoms with van der Waals surface area (Å²) in [7, 11) is -3.87. The second-order valence-corrected chi connectivity index (χ2v) is 13.5. The van der Waals surface area contributed by atoms with Crippen LogP contribution in [0.2, 0.25) is 0 Å². The smallest absolute Gasteiger partial charge is 0.335 e. The van der Waals surface area contributed by atoms with Gasteiger partial charge in [0, 0.05) is 23.7 Å². The van der Waals surface area contributed by atoms with Crippen LogP contribution in [-0.4, -0.2) is 60.5 Å². The second-order valence-electron chi connectivity index (χ2n) is 11.9. The molecule has 0 saturated carbocycles. The van der Waals surface area contributed by atoms with Crippen LogP contribution < -0.4 is 20.7 Å². The molecule has 0 spiro atoms. The minimum absolute atomic E-state index is 0.00464. The second kappa shape index (κ2) is 16.7. The predicted octanol–water partition coefficient (Wildman–Crippen LogP) is 3.54. The molecular weight excluding hydrogens is 624 g/mol. The summed E-state index contributed by atoms with van der Waals surface area (Å²) >= 11 is 0. The van der Waals surface area contributed by atoms with Crippen molar-refractivity contribution in [3.63, 3.8) is 0 Å². The molecule has 0 unspecified atom stereocenters. The van der Waals surface area contributed by atoms with Gasteiger partial charge in [0.15, 0.2) is 0 Å². The topological polar surface area (TPSA) is 191 Å². The number of anilines is 1. The summed E-state index contributed by atoms with van der Waals surface area (Å²) in [6.45, 7) is 7.15. The molecule has 12 nitrogen and oxygen atoms in total. The quantitative estimate of drug-likeness (QED) is 0.134. The normalized spacial score (nSPS) is 13.9. The number of carboxylic acids is 1. The molecule has 13 heteroatoms. The van der Waals surface area contributed by atoms with Gasteiger partial charge in [-0.05, 0) is 73.7 Å². The van der Waals surface area contributed by atoms with Crippen LogP contribution in [0.15, 0.2) is 83.8 Å². The van der Waals surface area contributed by atoms with Crippen molar-refractivity contribution in [3.8, 4) is 0 Å². The first-order valence-electron chi connectivity index (χ1n) is 15.2. The molecule has 4 atom stereocenters. The maximum Gasteiger partial charge on any atom is 0.335 e. The average molecular weight is 667 g/mol. The molecule has 0 aliphatic heterocycles. The van der Waals surface area contributed by atoms with E-state index in [4.69, 9.17) is 5.11 Å². The van der Waals surface area contributed by atoms with Crippen LogP contribution in [0, 0.1) is 11.8 Å². The van der Waals surface area contributed by atoms with Gasteiger partial charge in [-0.2, -0.15) is 0 Å². The predicted molar refractivity (Wildman–Crippen MR) is 177 cm³/mol.